The van der Waals surface area contributed by atoms with Gasteiger partial charge in [0.1, 0.15) is 18.0 Å². The number of nitrogens with zero attached hydrogens (tertiary/aromatic N) is 5. The maximum Gasteiger partial charge on any atom is 0.232 e. The number of hydrogen-bond donors (Lipinski definition) is 1. The van der Waals surface area contributed by atoms with Gasteiger partial charge in [-0.3, -0.25) is 18.9 Å². The molecule has 42 heavy (non-hydrogen) atoms. The van der Waals surface area contributed by atoms with Crippen LogP contribution in [0.4, 0.5) is 14.5 Å². The summed E-state index contributed by atoms with van der Waals surface area (Å²) in [6.07, 6.45) is 5.49. The highest BCUT2D eigenvalue weighted by atomic mass is 32.2. The molecular formula is C30H30F2N6O3S. The summed E-state index contributed by atoms with van der Waals surface area (Å²) in [7, 11) is -3.61. The normalized spacial score (nSPS) is 14.5. The molecule has 1 fully saturated rings. The summed E-state index contributed by atoms with van der Waals surface area (Å²) < 4.78 is 64.8. The lowest BCUT2D eigenvalue weighted by atomic mass is 10.0. The fourth-order valence-electron chi connectivity index (χ4n) is 5.04. The summed E-state index contributed by atoms with van der Waals surface area (Å²) in [6, 6.07) is 14.1. The Labute approximate surface area is 242 Å². The van der Waals surface area contributed by atoms with E-state index in [2.05, 4.69) is 19.7 Å². The molecule has 1 N–H and O–H groups in total. The minimum absolute atomic E-state index is 0.127. The molecule has 12 heteroatoms. The number of sulfonamides is 1. The van der Waals surface area contributed by atoms with Crippen LogP contribution in [0.3, 0.4) is 0 Å². The van der Waals surface area contributed by atoms with Crippen molar-refractivity contribution in [1.82, 2.24) is 24.2 Å². The maximum atomic E-state index is 14.7. The van der Waals surface area contributed by atoms with Gasteiger partial charge in [-0.1, -0.05) is 6.07 Å². The molecule has 0 radical (unpaired) electrons. The van der Waals surface area contributed by atoms with Crippen molar-refractivity contribution in [3.8, 4) is 27.9 Å². The Morgan fingerprint density at radius 3 is 2.57 bits per heavy atom. The van der Waals surface area contributed by atoms with Crippen LogP contribution in [-0.2, 0) is 21.3 Å². The maximum absolute atomic E-state index is 14.7. The molecular weight excluding hydrogens is 562 g/mol. The van der Waals surface area contributed by atoms with Crippen LogP contribution in [0.5, 0.6) is 0 Å². The van der Waals surface area contributed by atoms with Crippen molar-refractivity contribution in [2.45, 2.75) is 13.5 Å². The second-order valence-electron chi connectivity index (χ2n) is 10.2. The van der Waals surface area contributed by atoms with Gasteiger partial charge < -0.3 is 4.74 Å². The van der Waals surface area contributed by atoms with Crippen LogP contribution in [0.1, 0.15) is 6.92 Å². The van der Waals surface area contributed by atoms with Gasteiger partial charge in [-0.2, -0.15) is 5.10 Å². The Kier molecular flexibility index (Phi) is 7.76. The first-order valence-corrected chi connectivity index (χ1v) is 15.3. The Bertz CT molecular complexity index is 1850. The summed E-state index contributed by atoms with van der Waals surface area (Å²) in [5.41, 5.74) is 4.80. The van der Waals surface area contributed by atoms with Gasteiger partial charge in [0.25, 0.3) is 0 Å². The molecule has 0 bridgehead atoms. The van der Waals surface area contributed by atoms with Gasteiger partial charge in [0.15, 0.2) is 0 Å². The number of fused-ring (bicyclic) bond motifs is 1. The minimum Gasteiger partial charge on any atom is -0.379 e. The minimum atomic E-state index is -3.61. The molecule has 5 aromatic rings. The number of imidazole rings is 1. The van der Waals surface area contributed by atoms with Crippen molar-refractivity contribution in [2.75, 3.05) is 43.3 Å². The van der Waals surface area contributed by atoms with E-state index in [0.717, 1.165) is 67.6 Å². The second-order valence-corrected chi connectivity index (χ2v) is 12.2. The summed E-state index contributed by atoms with van der Waals surface area (Å²) in [5.74, 6) is -1.57. The molecule has 9 nitrogen and oxygen atoms in total. The Morgan fingerprint density at radius 2 is 1.79 bits per heavy atom. The second kappa shape index (κ2) is 11.6. The molecule has 0 spiro atoms. The molecule has 3 aromatic carbocycles. The Morgan fingerprint density at radius 1 is 0.952 bits per heavy atom. The van der Waals surface area contributed by atoms with Crippen LogP contribution in [0.15, 0.2) is 73.3 Å². The van der Waals surface area contributed by atoms with Crippen molar-refractivity contribution >= 4 is 26.7 Å². The predicted octanol–water partition coefficient (Wildman–Crippen LogP) is 4.93. The van der Waals surface area contributed by atoms with E-state index in [4.69, 9.17) is 4.74 Å². The number of morpholine rings is 1. The van der Waals surface area contributed by atoms with Crippen LogP contribution in [0.2, 0.25) is 0 Å². The highest BCUT2D eigenvalue weighted by Crippen LogP contribution is 2.32. The number of aromatic nitrogens is 4. The van der Waals surface area contributed by atoms with E-state index in [-0.39, 0.29) is 17.0 Å². The van der Waals surface area contributed by atoms with Crippen LogP contribution >= 0.6 is 0 Å². The molecule has 1 aliphatic rings. The number of benzene rings is 3. The number of ether oxygens (including phenoxy) is 1. The standard InChI is InChI=1S/C30H30F2N6O3S/c1-2-42(39,40)35-25-13-22(27-5-4-24(31)16-28(27)32)14-26(17-25)38-20-33-29-15-21(3-6-30(29)38)23-18-34-37(19-23)8-7-36-9-11-41-12-10-36/h3-6,13-20,35H,2,7-12H2,1H3. The van der Waals surface area contributed by atoms with Gasteiger partial charge in [-0.05, 0) is 60.5 Å². The summed E-state index contributed by atoms with van der Waals surface area (Å²) in [4.78, 5) is 6.96. The number of nitrogens with one attached hydrogen (secondary N) is 1. The fourth-order valence-corrected chi connectivity index (χ4v) is 5.66. The van der Waals surface area contributed by atoms with Gasteiger partial charge in [0.2, 0.25) is 10.0 Å². The molecule has 1 aliphatic heterocycles. The van der Waals surface area contributed by atoms with Gasteiger partial charge in [0, 0.05) is 48.7 Å². The van der Waals surface area contributed by atoms with E-state index in [1.807, 2.05) is 35.3 Å². The molecule has 6 rings (SSSR count). The van der Waals surface area contributed by atoms with Crippen molar-refractivity contribution in [1.29, 1.82) is 0 Å². The molecule has 0 saturated carbocycles. The third-order valence-electron chi connectivity index (χ3n) is 7.35. The Balaban J connectivity index is 1.32. The zero-order valence-electron chi connectivity index (χ0n) is 23.0. The summed E-state index contributed by atoms with van der Waals surface area (Å²) >= 11 is 0. The smallest absolute Gasteiger partial charge is 0.232 e. The first-order valence-electron chi connectivity index (χ1n) is 13.7. The molecule has 3 heterocycles. The highest BCUT2D eigenvalue weighted by molar-refractivity contribution is 7.92. The quantitative estimate of drug-likeness (QED) is 0.261. The van der Waals surface area contributed by atoms with Gasteiger partial charge >= 0.3 is 0 Å². The molecule has 218 valence electrons. The predicted molar refractivity (Wildman–Crippen MR) is 158 cm³/mol. The van der Waals surface area contributed by atoms with Crippen molar-refractivity contribution in [3.05, 3.63) is 85.0 Å². The molecule has 0 amide bonds. The average Bonchev–Trinajstić information content (AvgIpc) is 3.63. The Hall–Kier alpha value is -4.13. The topological polar surface area (TPSA) is 94.3 Å². The third kappa shape index (κ3) is 6.06. The van der Waals surface area contributed by atoms with Crippen LogP contribution in [0, 0.1) is 11.6 Å². The van der Waals surface area contributed by atoms with Gasteiger partial charge in [-0.15, -0.1) is 0 Å². The van der Waals surface area contributed by atoms with Crippen molar-refractivity contribution in [3.63, 3.8) is 0 Å². The third-order valence-corrected chi connectivity index (χ3v) is 8.66. The number of rotatable bonds is 9. The monoisotopic (exact) mass is 592 g/mol. The van der Waals surface area contributed by atoms with E-state index >= 15 is 0 Å². The lowest BCUT2D eigenvalue weighted by Crippen LogP contribution is -2.38. The van der Waals surface area contributed by atoms with Gasteiger partial charge in [0.05, 0.1) is 48.4 Å². The van der Waals surface area contributed by atoms with Crippen LogP contribution in [0.25, 0.3) is 39.0 Å². The molecule has 0 unspecified atom stereocenters. The zero-order valence-corrected chi connectivity index (χ0v) is 23.8. The summed E-state index contributed by atoms with van der Waals surface area (Å²) in [6.45, 7) is 6.61. The zero-order chi connectivity index (χ0) is 29.3. The van der Waals surface area contributed by atoms with Gasteiger partial charge in [-0.25, -0.2) is 22.2 Å². The van der Waals surface area contributed by atoms with Crippen molar-refractivity contribution < 1.29 is 21.9 Å². The lowest BCUT2D eigenvalue weighted by Gasteiger charge is -2.26. The van der Waals surface area contributed by atoms with Crippen LogP contribution in [-0.4, -0.2) is 71.3 Å². The number of hydrogen-bond acceptors (Lipinski definition) is 6. The summed E-state index contributed by atoms with van der Waals surface area (Å²) in [5, 5.41) is 4.53. The van der Waals surface area contributed by atoms with E-state index in [1.165, 1.54) is 25.1 Å². The van der Waals surface area contributed by atoms with E-state index in [1.54, 1.807) is 23.0 Å². The molecule has 2 aromatic heterocycles. The van der Waals surface area contributed by atoms with E-state index in [9.17, 15) is 17.2 Å². The number of anilines is 1. The van der Waals surface area contributed by atoms with E-state index < -0.39 is 21.7 Å². The van der Waals surface area contributed by atoms with E-state index in [0.29, 0.717) is 11.3 Å². The average molecular weight is 593 g/mol. The molecule has 0 aliphatic carbocycles. The number of halogens is 2. The first kappa shape index (κ1) is 28.0. The molecule has 0 atom stereocenters. The SMILES string of the molecule is CCS(=O)(=O)Nc1cc(-c2ccc(F)cc2F)cc(-n2cnc3cc(-c4cnn(CCN5CCOCC5)c4)ccc32)c1. The fraction of sp³-hybridized carbons (Fsp3) is 0.267. The molecule has 1 saturated heterocycles. The lowest BCUT2D eigenvalue weighted by molar-refractivity contribution is 0.0360. The largest absolute Gasteiger partial charge is 0.379 e. The highest BCUT2D eigenvalue weighted by Gasteiger charge is 2.16. The van der Waals surface area contributed by atoms with Crippen LogP contribution < -0.4 is 4.72 Å². The first-order chi connectivity index (χ1) is 20.3. The van der Waals surface area contributed by atoms with Crippen molar-refractivity contribution in [2.24, 2.45) is 0 Å².